The Kier molecular flexibility index (Phi) is 5.86. The summed E-state index contributed by atoms with van der Waals surface area (Å²) in [6, 6.07) is 26.3. The van der Waals surface area contributed by atoms with Crippen molar-refractivity contribution in [2.45, 2.75) is 25.4 Å². The second-order valence-electron chi connectivity index (χ2n) is 6.72. The summed E-state index contributed by atoms with van der Waals surface area (Å²) in [4.78, 5) is 13.6. The van der Waals surface area contributed by atoms with E-state index in [1.165, 1.54) is 6.92 Å². The van der Waals surface area contributed by atoms with Gasteiger partial charge in [0.05, 0.1) is 0 Å². The van der Waals surface area contributed by atoms with Gasteiger partial charge in [0.15, 0.2) is 5.41 Å². The molecule has 0 spiro atoms. The Morgan fingerprint density at radius 2 is 1.14 bits per heavy atom. The fourth-order valence-electron chi connectivity index (χ4n) is 3.62. The zero-order chi connectivity index (χ0) is 20.2. The first-order chi connectivity index (χ1) is 13.5. The van der Waals surface area contributed by atoms with Crippen LogP contribution in [-0.2, 0) is 4.79 Å². The van der Waals surface area contributed by atoms with Crippen LogP contribution in [0, 0.1) is 0 Å². The lowest BCUT2D eigenvalue weighted by molar-refractivity contribution is -0.152. The second kappa shape index (κ2) is 8.16. The highest BCUT2D eigenvalue weighted by Gasteiger charge is 2.59. The Morgan fingerprint density at radius 1 is 0.821 bits per heavy atom. The van der Waals surface area contributed by atoms with Gasteiger partial charge < -0.3 is 5.11 Å². The van der Waals surface area contributed by atoms with Gasteiger partial charge in [-0.05, 0) is 22.0 Å². The molecule has 1 N–H and O–H groups in total. The van der Waals surface area contributed by atoms with E-state index in [2.05, 4.69) is 0 Å². The Balaban J connectivity index is 2.40. The molecule has 0 aromatic heterocycles. The third-order valence-corrected chi connectivity index (χ3v) is 9.68. The molecular weight excluding hydrogens is 374 g/mol. The molecule has 0 fully saturated rings. The molecule has 28 heavy (non-hydrogen) atoms. The van der Waals surface area contributed by atoms with Gasteiger partial charge in [0.1, 0.15) is 6.10 Å². The minimum absolute atomic E-state index is 0.207. The van der Waals surface area contributed by atoms with E-state index >= 15 is 8.78 Å². The number of carbonyl (C=O) groups is 1. The van der Waals surface area contributed by atoms with Gasteiger partial charge in [-0.1, -0.05) is 97.9 Å². The summed E-state index contributed by atoms with van der Waals surface area (Å²) < 4.78 is 30.4. The molecule has 0 bridgehead atoms. The van der Waals surface area contributed by atoms with Crippen LogP contribution in [-0.4, -0.2) is 30.6 Å². The molecule has 0 amide bonds. The zero-order valence-electron chi connectivity index (χ0n) is 15.6. The lowest BCUT2D eigenvalue weighted by atomic mass is 10.1. The Bertz CT molecular complexity index is 818. The monoisotopic (exact) mass is 396 g/mol. The third kappa shape index (κ3) is 3.32. The normalized spacial score (nSPS) is 13.1. The van der Waals surface area contributed by atoms with Crippen molar-refractivity contribution in [2.24, 2.45) is 0 Å². The van der Waals surface area contributed by atoms with Crippen LogP contribution in [0.1, 0.15) is 13.3 Å². The van der Waals surface area contributed by atoms with Crippen molar-refractivity contribution in [1.29, 1.82) is 0 Å². The molecule has 0 saturated heterocycles. The molecule has 0 saturated carbocycles. The first-order valence-electron chi connectivity index (χ1n) is 9.23. The number of hydrogen-bond acceptors (Lipinski definition) is 2. The van der Waals surface area contributed by atoms with Crippen LogP contribution in [0.25, 0.3) is 0 Å². The van der Waals surface area contributed by atoms with Crippen molar-refractivity contribution in [3.8, 4) is 0 Å². The van der Waals surface area contributed by atoms with Crippen molar-refractivity contribution in [3.05, 3.63) is 91.0 Å². The molecule has 5 heteroatoms. The smallest absolute Gasteiger partial charge is 0.327 e. The van der Waals surface area contributed by atoms with Crippen LogP contribution in [0.4, 0.5) is 8.78 Å². The largest absolute Gasteiger partial charge is 0.386 e. The van der Waals surface area contributed by atoms with Crippen LogP contribution < -0.4 is 15.6 Å². The Morgan fingerprint density at radius 3 is 1.43 bits per heavy atom. The molecule has 1 atom stereocenters. The highest BCUT2D eigenvalue weighted by Crippen LogP contribution is 2.27. The summed E-state index contributed by atoms with van der Waals surface area (Å²) in [5.74, 6) is -3.86. The molecule has 0 radical (unpaired) electrons. The van der Waals surface area contributed by atoms with Crippen molar-refractivity contribution in [3.63, 3.8) is 0 Å². The van der Waals surface area contributed by atoms with E-state index < -0.39 is 25.5 Å². The molecular formula is C23H22F2O2Si. The van der Waals surface area contributed by atoms with E-state index in [9.17, 15) is 9.90 Å². The summed E-state index contributed by atoms with van der Waals surface area (Å²) in [6.07, 6.45) is -2.23. The number of benzene rings is 3. The average Bonchev–Trinajstić information content (AvgIpc) is 2.76. The standard InChI is InChI=1S/C23H22F2O2Si/c1-2-21(26)23(24,25)22(27)28(18-12-6-3-7-13-18,19-14-8-4-9-15-19)20-16-10-5-11-17-20/h3-17,21,26H,2H2,1H3. The summed E-state index contributed by atoms with van der Waals surface area (Å²) in [5.41, 5.74) is 0. The predicted molar refractivity (Wildman–Crippen MR) is 110 cm³/mol. The summed E-state index contributed by atoms with van der Waals surface area (Å²) in [5, 5.41) is 10.5. The Hall–Kier alpha value is -2.63. The number of rotatable bonds is 7. The average molecular weight is 397 g/mol. The van der Waals surface area contributed by atoms with Crippen LogP contribution in [0.5, 0.6) is 0 Å². The number of halogens is 2. The minimum Gasteiger partial charge on any atom is -0.386 e. The van der Waals surface area contributed by atoms with E-state index in [0.717, 1.165) is 0 Å². The van der Waals surface area contributed by atoms with Crippen molar-refractivity contribution in [2.75, 3.05) is 0 Å². The number of alkyl halides is 2. The maximum atomic E-state index is 15.2. The maximum Gasteiger partial charge on any atom is 0.327 e. The van der Waals surface area contributed by atoms with E-state index in [1.807, 2.05) is 0 Å². The summed E-state index contributed by atoms with van der Waals surface area (Å²) in [7, 11) is -3.79. The van der Waals surface area contributed by atoms with Gasteiger partial charge in [0, 0.05) is 0 Å². The second-order valence-corrected chi connectivity index (χ2v) is 10.4. The molecule has 0 heterocycles. The molecule has 3 aromatic rings. The van der Waals surface area contributed by atoms with Gasteiger partial charge in [-0.2, -0.15) is 8.78 Å². The fourth-order valence-corrected chi connectivity index (χ4v) is 8.15. The molecule has 2 nitrogen and oxygen atoms in total. The van der Waals surface area contributed by atoms with Crippen LogP contribution in [0.15, 0.2) is 91.0 Å². The molecule has 0 aliphatic heterocycles. The van der Waals surface area contributed by atoms with Crippen LogP contribution in [0.2, 0.25) is 0 Å². The van der Waals surface area contributed by atoms with E-state index in [0.29, 0.717) is 15.6 Å². The van der Waals surface area contributed by atoms with Gasteiger partial charge >= 0.3 is 5.92 Å². The number of carbonyl (C=O) groups excluding carboxylic acids is 1. The zero-order valence-corrected chi connectivity index (χ0v) is 16.6. The van der Waals surface area contributed by atoms with Gasteiger partial charge in [-0.25, -0.2) is 0 Å². The van der Waals surface area contributed by atoms with Gasteiger partial charge in [0.25, 0.3) is 0 Å². The number of aliphatic hydroxyl groups excluding tert-OH is 1. The first-order valence-corrected chi connectivity index (χ1v) is 11.2. The predicted octanol–water partition coefficient (Wildman–Crippen LogP) is 2.67. The molecule has 144 valence electrons. The van der Waals surface area contributed by atoms with Crippen LogP contribution in [0.3, 0.4) is 0 Å². The Labute approximate surface area is 164 Å². The lowest BCUT2D eigenvalue weighted by Gasteiger charge is -2.35. The molecule has 0 aliphatic carbocycles. The molecule has 3 rings (SSSR count). The third-order valence-electron chi connectivity index (χ3n) is 5.07. The number of aliphatic hydroxyl groups is 1. The fraction of sp³-hybridized carbons (Fsp3) is 0.174. The minimum atomic E-state index is -3.86. The van der Waals surface area contributed by atoms with Gasteiger partial charge in [-0.3, -0.25) is 4.79 Å². The van der Waals surface area contributed by atoms with E-state index in [1.54, 1.807) is 91.0 Å². The quantitative estimate of drug-likeness (QED) is 0.493. The molecule has 1 unspecified atom stereocenters. The summed E-state index contributed by atoms with van der Waals surface area (Å²) >= 11 is 0. The molecule has 0 aliphatic rings. The molecule has 3 aromatic carbocycles. The van der Waals surface area contributed by atoms with E-state index in [4.69, 9.17) is 0 Å². The van der Waals surface area contributed by atoms with Crippen LogP contribution >= 0.6 is 0 Å². The first kappa shape index (κ1) is 20.1. The van der Waals surface area contributed by atoms with Gasteiger partial charge in [-0.15, -0.1) is 0 Å². The van der Waals surface area contributed by atoms with Crippen molar-refractivity contribution >= 4 is 29.0 Å². The van der Waals surface area contributed by atoms with Crippen molar-refractivity contribution < 1.29 is 18.7 Å². The highest BCUT2D eigenvalue weighted by atomic mass is 28.3. The SMILES string of the molecule is CCC(O)C(F)(F)C(=O)[Si](c1ccccc1)(c1ccccc1)c1ccccc1. The topological polar surface area (TPSA) is 37.3 Å². The van der Waals surface area contributed by atoms with Gasteiger partial charge in [0.2, 0.25) is 8.07 Å². The number of hydrogen-bond donors (Lipinski definition) is 1. The maximum absolute atomic E-state index is 15.2. The lowest BCUT2D eigenvalue weighted by Crippen LogP contribution is -2.76. The highest BCUT2D eigenvalue weighted by molar-refractivity contribution is 7.30. The van der Waals surface area contributed by atoms with Crippen molar-refractivity contribution in [1.82, 2.24) is 0 Å². The summed E-state index contributed by atoms with van der Waals surface area (Å²) in [6.45, 7) is 1.45. The van der Waals surface area contributed by atoms with E-state index in [-0.39, 0.29) is 6.42 Å².